The van der Waals surface area contributed by atoms with Gasteiger partial charge in [-0.05, 0) is 53.6 Å². The molecule has 0 aliphatic heterocycles. The van der Waals surface area contributed by atoms with Crippen molar-refractivity contribution in [3.63, 3.8) is 0 Å². The molecule has 1 saturated carbocycles. The van der Waals surface area contributed by atoms with Crippen molar-refractivity contribution in [2.24, 2.45) is 11.8 Å². The molecule has 128 valence electrons. The van der Waals surface area contributed by atoms with Crippen LogP contribution < -0.4 is 11.1 Å². The lowest BCUT2D eigenvalue weighted by molar-refractivity contribution is -0.117. The zero-order chi connectivity index (χ0) is 18.3. The Morgan fingerprint density at radius 3 is 2.85 bits per heavy atom. The molecule has 1 amide bonds. The topological polar surface area (TPSA) is 91.8 Å². The zero-order valence-electron chi connectivity index (χ0n) is 14.4. The summed E-state index contributed by atoms with van der Waals surface area (Å²) in [6, 6.07) is 16.1. The molecule has 5 nitrogen and oxygen atoms in total. The molecule has 0 bridgehead atoms. The summed E-state index contributed by atoms with van der Waals surface area (Å²) < 4.78 is 0. The highest BCUT2D eigenvalue weighted by atomic mass is 16.2. The molecule has 1 heterocycles. The van der Waals surface area contributed by atoms with Crippen LogP contribution in [-0.2, 0) is 4.79 Å². The Kier molecular flexibility index (Phi) is 3.81. The number of nitrogens with two attached hydrogens (primary N) is 1. The van der Waals surface area contributed by atoms with Gasteiger partial charge < -0.3 is 11.1 Å². The molecule has 5 heteroatoms. The first-order chi connectivity index (χ1) is 12.6. The number of hydrogen-bond donors (Lipinski definition) is 2. The molecule has 0 spiro atoms. The second-order valence-electron chi connectivity index (χ2n) is 6.74. The summed E-state index contributed by atoms with van der Waals surface area (Å²) in [5, 5.41) is 13.4. The SMILES string of the molecule is Cc1ccccc1-c1cc(N)c2cnc(NC(=O)[C@H]3C[C@@H]3C#N)cc2c1. The smallest absolute Gasteiger partial charge is 0.230 e. The summed E-state index contributed by atoms with van der Waals surface area (Å²) >= 11 is 0. The van der Waals surface area contributed by atoms with Crippen LogP contribution in [0.15, 0.2) is 48.7 Å². The maximum Gasteiger partial charge on any atom is 0.230 e. The lowest BCUT2D eigenvalue weighted by Crippen LogP contribution is -2.15. The van der Waals surface area contributed by atoms with Crippen LogP contribution in [0.2, 0.25) is 0 Å². The molecule has 0 unspecified atom stereocenters. The largest absolute Gasteiger partial charge is 0.398 e. The van der Waals surface area contributed by atoms with Gasteiger partial charge in [-0.3, -0.25) is 4.79 Å². The summed E-state index contributed by atoms with van der Waals surface area (Å²) in [6.45, 7) is 2.06. The molecule has 2 aromatic carbocycles. The van der Waals surface area contributed by atoms with Crippen molar-refractivity contribution in [3.05, 3.63) is 54.2 Å². The van der Waals surface area contributed by atoms with E-state index < -0.39 is 0 Å². The lowest BCUT2D eigenvalue weighted by Gasteiger charge is -2.11. The number of rotatable bonds is 3. The molecule has 1 aliphatic carbocycles. The number of amides is 1. The van der Waals surface area contributed by atoms with Crippen LogP contribution in [0.5, 0.6) is 0 Å². The summed E-state index contributed by atoms with van der Waals surface area (Å²) in [6.07, 6.45) is 2.30. The van der Waals surface area contributed by atoms with E-state index in [9.17, 15) is 4.79 Å². The number of carbonyl (C=O) groups is 1. The number of hydrogen-bond acceptors (Lipinski definition) is 4. The third kappa shape index (κ3) is 2.86. The Bertz CT molecular complexity index is 1070. The minimum absolute atomic E-state index is 0.147. The van der Waals surface area contributed by atoms with Gasteiger partial charge >= 0.3 is 0 Å². The molecule has 0 radical (unpaired) electrons. The van der Waals surface area contributed by atoms with E-state index in [2.05, 4.69) is 41.5 Å². The average Bonchev–Trinajstić information content (AvgIpc) is 3.42. The Labute approximate surface area is 151 Å². The van der Waals surface area contributed by atoms with E-state index in [1.54, 1.807) is 6.20 Å². The van der Waals surface area contributed by atoms with Gasteiger partial charge in [-0.15, -0.1) is 0 Å². The van der Waals surface area contributed by atoms with Crippen LogP contribution in [0.4, 0.5) is 11.5 Å². The van der Waals surface area contributed by atoms with Crippen LogP contribution in [0.3, 0.4) is 0 Å². The number of nitrogen functional groups attached to an aromatic ring is 1. The van der Waals surface area contributed by atoms with Crippen molar-refractivity contribution in [2.75, 3.05) is 11.1 Å². The van der Waals surface area contributed by atoms with Gasteiger partial charge in [0.15, 0.2) is 0 Å². The maximum atomic E-state index is 12.2. The van der Waals surface area contributed by atoms with Crippen molar-refractivity contribution in [2.45, 2.75) is 13.3 Å². The van der Waals surface area contributed by atoms with Gasteiger partial charge in [-0.2, -0.15) is 5.26 Å². The normalized spacial score (nSPS) is 18.3. The molecule has 3 N–H and O–H groups in total. The quantitative estimate of drug-likeness (QED) is 0.706. The van der Waals surface area contributed by atoms with Gasteiger partial charge in [-0.1, -0.05) is 24.3 Å². The van der Waals surface area contributed by atoms with Gasteiger partial charge in [-0.25, -0.2) is 4.98 Å². The number of aromatic nitrogens is 1. The molecule has 0 saturated heterocycles. The second kappa shape index (κ2) is 6.16. The van der Waals surface area contributed by atoms with Gasteiger partial charge in [0.25, 0.3) is 0 Å². The van der Waals surface area contributed by atoms with Gasteiger partial charge in [0.2, 0.25) is 5.91 Å². The lowest BCUT2D eigenvalue weighted by atomic mass is 9.97. The fraction of sp³-hybridized carbons (Fsp3) is 0.190. The van der Waals surface area contributed by atoms with Crippen molar-refractivity contribution >= 4 is 28.2 Å². The zero-order valence-corrected chi connectivity index (χ0v) is 14.4. The van der Waals surface area contributed by atoms with Crippen LogP contribution >= 0.6 is 0 Å². The Morgan fingerprint density at radius 1 is 1.31 bits per heavy atom. The minimum atomic E-state index is -0.221. The third-order valence-electron chi connectivity index (χ3n) is 4.87. The highest BCUT2D eigenvalue weighted by Crippen LogP contribution is 2.38. The van der Waals surface area contributed by atoms with Gasteiger partial charge in [0.1, 0.15) is 5.82 Å². The number of nitriles is 1. The Morgan fingerprint density at radius 2 is 2.12 bits per heavy atom. The molecule has 1 aliphatic rings. The highest BCUT2D eigenvalue weighted by Gasteiger charge is 2.43. The third-order valence-corrected chi connectivity index (χ3v) is 4.87. The monoisotopic (exact) mass is 342 g/mol. The summed E-state index contributed by atoms with van der Waals surface area (Å²) in [5.41, 5.74) is 10.2. The second-order valence-corrected chi connectivity index (χ2v) is 6.74. The molecular weight excluding hydrogens is 324 g/mol. The number of pyridine rings is 1. The first kappa shape index (κ1) is 16.1. The number of nitrogens with one attached hydrogen (secondary N) is 1. The van der Waals surface area contributed by atoms with Crippen molar-refractivity contribution < 1.29 is 4.79 Å². The first-order valence-electron chi connectivity index (χ1n) is 8.52. The molecular formula is C21H18N4O. The summed E-state index contributed by atoms with van der Waals surface area (Å²) in [4.78, 5) is 16.4. The van der Waals surface area contributed by atoms with Crippen molar-refractivity contribution in [1.29, 1.82) is 5.26 Å². The van der Waals surface area contributed by atoms with E-state index in [1.165, 1.54) is 5.56 Å². The first-order valence-corrected chi connectivity index (χ1v) is 8.52. The fourth-order valence-corrected chi connectivity index (χ4v) is 3.25. The van der Waals surface area contributed by atoms with E-state index in [4.69, 9.17) is 11.0 Å². The van der Waals surface area contributed by atoms with E-state index in [-0.39, 0.29) is 17.7 Å². The number of benzene rings is 2. The predicted molar refractivity (Wildman–Crippen MR) is 102 cm³/mol. The van der Waals surface area contributed by atoms with E-state index in [0.717, 1.165) is 21.9 Å². The van der Waals surface area contributed by atoms with Crippen molar-refractivity contribution in [1.82, 2.24) is 4.98 Å². The number of aryl methyl sites for hydroxylation is 1. The number of fused-ring (bicyclic) bond motifs is 1. The van der Waals surface area contributed by atoms with Crippen LogP contribution in [-0.4, -0.2) is 10.9 Å². The van der Waals surface area contributed by atoms with Gasteiger partial charge in [0, 0.05) is 17.3 Å². The molecule has 1 aromatic heterocycles. The number of nitrogens with zero attached hydrogens (tertiary/aromatic N) is 2. The summed E-state index contributed by atoms with van der Waals surface area (Å²) in [5.74, 6) is -0.0570. The molecule has 4 rings (SSSR count). The number of carbonyl (C=O) groups excluding carboxylic acids is 1. The minimum Gasteiger partial charge on any atom is -0.398 e. The molecule has 2 atom stereocenters. The van der Waals surface area contributed by atoms with E-state index in [0.29, 0.717) is 17.9 Å². The van der Waals surface area contributed by atoms with Crippen LogP contribution in [0.25, 0.3) is 21.9 Å². The Hall–Kier alpha value is -3.39. The van der Waals surface area contributed by atoms with E-state index >= 15 is 0 Å². The molecule has 3 aromatic rings. The molecule has 1 fully saturated rings. The highest BCUT2D eigenvalue weighted by molar-refractivity contribution is 6.00. The van der Waals surface area contributed by atoms with Crippen LogP contribution in [0.1, 0.15) is 12.0 Å². The van der Waals surface area contributed by atoms with Gasteiger partial charge in [0.05, 0.1) is 17.9 Å². The standard InChI is InChI=1S/C21H18N4O/c1-12-4-2-3-5-16(12)13-6-14-9-20(24-11-18(14)19(23)8-13)25-21(26)17-7-15(17)10-22/h2-6,8-9,11,15,17H,7,23H2,1H3,(H,24,25,26)/t15-,17+/m1/s1. The fourth-order valence-electron chi connectivity index (χ4n) is 3.25. The maximum absolute atomic E-state index is 12.2. The summed E-state index contributed by atoms with van der Waals surface area (Å²) in [7, 11) is 0. The molecule has 26 heavy (non-hydrogen) atoms. The number of anilines is 2. The van der Waals surface area contributed by atoms with Crippen LogP contribution in [0, 0.1) is 30.1 Å². The van der Waals surface area contributed by atoms with E-state index in [1.807, 2.05) is 24.3 Å². The Balaban J connectivity index is 1.70. The predicted octanol–water partition coefficient (Wildman–Crippen LogP) is 3.89. The van der Waals surface area contributed by atoms with Crippen molar-refractivity contribution in [3.8, 4) is 17.2 Å². The average molecular weight is 342 g/mol.